The zero-order valence-electron chi connectivity index (χ0n) is 10.1. The summed E-state index contributed by atoms with van der Waals surface area (Å²) in [5, 5.41) is 28.3. The third-order valence-electron chi connectivity index (χ3n) is 3.02. The molecule has 0 saturated carbocycles. The van der Waals surface area contributed by atoms with Gasteiger partial charge in [0.05, 0.1) is 6.61 Å². The van der Waals surface area contributed by atoms with E-state index in [4.69, 9.17) is 15.6 Å². The van der Waals surface area contributed by atoms with Crippen molar-refractivity contribution in [2.75, 3.05) is 6.61 Å². The molecule has 1 aliphatic heterocycles. The van der Waals surface area contributed by atoms with Gasteiger partial charge in [0, 0.05) is 6.20 Å². The fraction of sp³-hybridized carbons (Fsp3) is 0.500. The zero-order chi connectivity index (χ0) is 15.0. The number of primary amides is 1. The highest BCUT2D eigenvalue weighted by Crippen LogP contribution is 2.27. The molecule has 4 atom stereocenters. The number of hydrogen-bond acceptors (Lipinski definition) is 7. The largest absolute Gasteiger partial charge is 0.394 e. The summed E-state index contributed by atoms with van der Waals surface area (Å²) in [5.74, 6) is -1.06. The molecule has 1 fully saturated rings. The molecule has 1 aromatic rings. The molecule has 6 N–H and O–H groups in total. The lowest BCUT2D eigenvalue weighted by Gasteiger charge is -2.17. The molecule has 110 valence electrons. The van der Waals surface area contributed by atoms with Crippen molar-refractivity contribution in [3.8, 4) is 0 Å². The Bertz CT molecular complexity index is 636. The molecule has 0 radical (unpaired) electrons. The number of aromatic nitrogens is 2. The molecular formula is C10H13N3O7. The van der Waals surface area contributed by atoms with E-state index >= 15 is 0 Å². The molecule has 10 heteroatoms. The van der Waals surface area contributed by atoms with Crippen LogP contribution in [-0.2, 0) is 4.74 Å². The lowest BCUT2D eigenvalue weighted by atomic mass is 10.1. The number of nitrogens with zero attached hydrogens (tertiary/aromatic N) is 1. The minimum Gasteiger partial charge on any atom is -0.394 e. The second kappa shape index (κ2) is 5.17. The number of aromatic amines is 1. The van der Waals surface area contributed by atoms with Crippen LogP contribution in [0.1, 0.15) is 16.6 Å². The first-order valence-electron chi connectivity index (χ1n) is 5.64. The van der Waals surface area contributed by atoms with Crippen molar-refractivity contribution in [3.63, 3.8) is 0 Å². The molecule has 0 unspecified atom stereocenters. The van der Waals surface area contributed by atoms with Crippen LogP contribution in [0.2, 0.25) is 0 Å². The number of rotatable bonds is 3. The first-order chi connectivity index (χ1) is 9.36. The first kappa shape index (κ1) is 14.4. The predicted molar refractivity (Wildman–Crippen MR) is 62.9 cm³/mol. The fourth-order valence-electron chi connectivity index (χ4n) is 1.96. The number of aliphatic hydroxyl groups is 3. The van der Waals surface area contributed by atoms with Gasteiger partial charge in [0.15, 0.2) is 6.23 Å². The number of nitrogens with one attached hydrogen (secondary N) is 1. The maximum Gasteiger partial charge on any atom is 0.330 e. The smallest absolute Gasteiger partial charge is 0.330 e. The van der Waals surface area contributed by atoms with Crippen LogP contribution in [-0.4, -0.2) is 55.7 Å². The lowest BCUT2D eigenvalue weighted by molar-refractivity contribution is -0.0551. The summed E-state index contributed by atoms with van der Waals surface area (Å²) < 4.78 is 5.84. The molecule has 0 aliphatic carbocycles. The summed E-state index contributed by atoms with van der Waals surface area (Å²) >= 11 is 0. The zero-order valence-corrected chi connectivity index (χ0v) is 10.1. The normalized spacial score (nSPS) is 29.6. The Labute approximate surface area is 111 Å². The topological polar surface area (TPSA) is 168 Å². The molecule has 0 bridgehead atoms. The van der Waals surface area contributed by atoms with E-state index in [2.05, 4.69) is 0 Å². The Kier molecular flexibility index (Phi) is 3.72. The van der Waals surface area contributed by atoms with Gasteiger partial charge in [0.25, 0.3) is 11.5 Å². The van der Waals surface area contributed by atoms with Crippen LogP contribution in [0.15, 0.2) is 15.8 Å². The van der Waals surface area contributed by atoms with Crippen molar-refractivity contribution in [3.05, 3.63) is 32.6 Å². The minimum absolute atomic E-state index is 0.498. The monoisotopic (exact) mass is 287 g/mol. The van der Waals surface area contributed by atoms with Gasteiger partial charge in [-0.15, -0.1) is 0 Å². The van der Waals surface area contributed by atoms with Crippen molar-refractivity contribution in [2.45, 2.75) is 24.5 Å². The van der Waals surface area contributed by atoms with Crippen LogP contribution in [0.4, 0.5) is 0 Å². The second-order valence-electron chi connectivity index (χ2n) is 4.30. The first-order valence-corrected chi connectivity index (χ1v) is 5.64. The van der Waals surface area contributed by atoms with Crippen LogP contribution in [0.5, 0.6) is 0 Å². The predicted octanol–water partition coefficient (Wildman–Crippen LogP) is -3.75. The average molecular weight is 287 g/mol. The maximum atomic E-state index is 11.7. The number of hydrogen-bond donors (Lipinski definition) is 5. The number of aliphatic hydroxyl groups excluding tert-OH is 3. The van der Waals surface area contributed by atoms with Crippen molar-refractivity contribution in [2.24, 2.45) is 5.73 Å². The molecule has 1 aliphatic rings. The fourth-order valence-corrected chi connectivity index (χ4v) is 1.96. The van der Waals surface area contributed by atoms with Gasteiger partial charge in [-0.1, -0.05) is 0 Å². The molecule has 1 aromatic heterocycles. The van der Waals surface area contributed by atoms with Crippen molar-refractivity contribution < 1.29 is 24.9 Å². The molecule has 10 nitrogen and oxygen atoms in total. The molecule has 1 saturated heterocycles. The number of H-pyrrole nitrogens is 1. The van der Waals surface area contributed by atoms with E-state index in [1.807, 2.05) is 4.98 Å². The second-order valence-corrected chi connectivity index (χ2v) is 4.30. The van der Waals surface area contributed by atoms with Crippen LogP contribution < -0.4 is 17.0 Å². The van der Waals surface area contributed by atoms with E-state index < -0.39 is 53.9 Å². The molecule has 2 heterocycles. The number of carbonyl (C=O) groups excluding carboxylic acids is 1. The Morgan fingerprint density at radius 1 is 1.40 bits per heavy atom. The number of ether oxygens (including phenoxy) is 1. The summed E-state index contributed by atoms with van der Waals surface area (Å²) in [4.78, 5) is 35.9. The van der Waals surface area contributed by atoms with Crippen LogP contribution in [0, 0.1) is 0 Å². The molecule has 1 amide bonds. The molecular weight excluding hydrogens is 274 g/mol. The average Bonchev–Trinajstić information content (AvgIpc) is 2.66. The van der Waals surface area contributed by atoms with Gasteiger partial charge in [0.1, 0.15) is 23.9 Å². The molecule has 0 aromatic carbocycles. The maximum absolute atomic E-state index is 11.7. The van der Waals surface area contributed by atoms with E-state index in [9.17, 15) is 24.6 Å². The minimum atomic E-state index is -1.52. The summed E-state index contributed by atoms with van der Waals surface area (Å²) in [5.41, 5.74) is 2.57. The van der Waals surface area contributed by atoms with Crippen LogP contribution >= 0.6 is 0 Å². The van der Waals surface area contributed by atoms with Crippen molar-refractivity contribution >= 4 is 5.91 Å². The number of nitrogens with two attached hydrogens (primary N) is 1. The van der Waals surface area contributed by atoms with E-state index in [0.717, 1.165) is 10.8 Å². The van der Waals surface area contributed by atoms with E-state index in [0.29, 0.717) is 0 Å². The Morgan fingerprint density at radius 3 is 2.55 bits per heavy atom. The number of carbonyl (C=O) groups is 1. The summed E-state index contributed by atoms with van der Waals surface area (Å²) in [6.07, 6.45) is -4.54. The molecule has 0 spiro atoms. The van der Waals surface area contributed by atoms with Gasteiger partial charge < -0.3 is 25.8 Å². The quantitative estimate of drug-likeness (QED) is 0.380. The van der Waals surface area contributed by atoms with Gasteiger partial charge in [-0.3, -0.25) is 19.1 Å². The van der Waals surface area contributed by atoms with Gasteiger partial charge in [-0.05, 0) is 0 Å². The highest BCUT2D eigenvalue weighted by Gasteiger charge is 2.43. The molecule has 2 rings (SSSR count). The van der Waals surface area contributed by atoms with Crippen molar-refractivity contribution in [1.82, 2.24) is 9.55 Å². The Hall–Kier alpha value is -2.01. The van der Waals surface area contributed by atoms with Gasteiger partial charge in [-0.2, -0.15) is 0 Å². The van der Waals surface area contributed by atoms with E-state index in [1.165, 1.54) is 0 Å². The SMILES string of the molecule is NC(=O)c1cn([C@@H]2O[C@H](CO)[C@@H](O)[C@H]2O)c(=O)[nH]c1=O. The Morgan fingerprint density at radius 2 is 2.05 bits per heavy atom. The Balaban J connectivity index is 2.48. The van der Waals surface area contributed by atoms with Gasteiger partial charge in [-0.25, -0.2) is 4.79 Å². The third kappa shape index (κ3) is 2.25. The van der Waals surface area contributed by atoms with E-state index in [-0.39, 0.29) is 0 Å². The summed E-state index contributed by atoms with van der Waals surface area (Å²) in [6, 6.07) is 0. The van der Waals surface area contributed by atoms with E-state index in [1.54, 1.807) is 0 Å². The number of amides is 1. The van der Waals surface area contributed by atoms with Crippen LogP contribution in [0.3, 0.4) is 0 Å². The highest BCUT2D eigenvalue weighted by molar-refractivity contribution is 5.91. The summed E-state index contributed by atoms with van der Waals surface area (Å²) in [7, 11) is 0. The standard InChI is InChI=1S/C10H13N3O7/c11-7(17)3-1-13(10(19)12-8(3)18)9-6(16)5(15)4(2-14)20-9/h1,4-6,9,14-16H,2H2,(H2,11,17)(H,12,18,19)/t4-,5-,6-,9-/m1/s1. The lowest BCUT2D eigenvalue weighted by Crippen LogP contribution is -2.40. The molecule has 20 heavy (non-hydrogen) atoms. The van der Waals surface area contributed by atoms with Gasteiger partial charge in [0.2, 0.25) is 0 Å². The highest BCUT2D eigenvalue weighted by atomic mass is 16.6. The van der Waals surface area contributed by atoms with Crippen LogP contribution in [0.25, 0.3) is 0 Å². The third-order valence-corrected chi connectivity index (χ3v) is 3.02. The summed E-state index contributed by atoms with van der Waals surface area (Å²) in [6.45, 7) is -0.574. The van der Waals surface area contributed by atoms with Gasteiger partial charge >= 0.3 is 5.69 Å². The van der Waals surface area contributed by atoms with Crippen molar-refractivity contribution in [1.29, 1.82) is 0 Å².